The summed E-state index contributed by atoms with van der Waals surface area (Å²) in [6.45, 7) is 5.32. The molecule has 2 heterocycles. The molecule has 0 fully saturated rings. The average Bonchev–Trinajstić information content (AvgIpc) is 3.18. The molecule has 31 heavy (non-hydrogen) atoms. The van der Waals surface area contributed by atoms with Gasteiger partial charge in [-0.05, 0) is 30.2 Å². The van der Waals surface area contributed by atoms with E-state index in [2.05, 4.69) is 29.1 Å². The minimum atomic E-state index is -1.40. The molecule has 3 N–H and O–H groups in total. The first-order chi connectivity index (χ1) is 14.9. The molecule has 0 spiro atoms. The van der Waals surface area contributed by atoms with Crippen molar-refractivity contribution in [3.8, 4) is 11.3 Å². The molecule has 0 saturated carbocycles. The van der Waals surface area contributed by atoms with Gasteiger partial charge in [0.05, 0.1) is 27.3 Å². The molecule has 0 bridgehead atoms. The number of rotatable bonds is 7. The number of hydrogen-bond donors (Lipinski definition) is 2. The van der Waals surface area contributed by atoms with Gasteiger partial charge >= 0.3 is 0 Å². The molecule has 0 aliphatic rings. The molecule has 6 nitrogen and oxygen atoms in total. The lowest BCUT2D eigenvalue weighted by Crippen LogP contribution is -2.31. The number of nitrogens with zero attached hydrogens (tertiary/aromatic N) is 3. The van der Waals surface area contributed by atoms with Crippen LogP contribution >= 0.6 is 11.6 Å². The lowest BCUT2D eigenvalue weighted by molar-refractivity contribution is 0.404. The van der Waals surface area contributed by atoms with Crippen molar-refractivity contribution in [1.29, 1.82) is 0 Å². The van der Waals surface area contributed by atoms with E-state index in [0.29, 0.717) is 29.8 Å². The number of nitrogens with one attached hydrogen (secondary N) is 1. The molecule has 8 heteroatoms. The van der Waals surface area contributed by atoms with E-state index in [1.165, 1.54) is 0 Å². The summed E-state index contributed by atoms with van der Waals surface area (Å²) in [6.07, 6.45) is 3.43. The van der Waals surface area contributed by atoms with Gasteiger partial charge in [-0.15, -0.1) is 0 Å². The fraction of sp³-hybridized carbons (Fsp3) is 0.217. The summed E-state index contributed by atoms with van der Waals surface area (Å²) in [5.74, 6) is 0.474. The monoisotopic (exact) mass is 453 g/mol. The Bertz CT molecular complexity index is 1240. The van der Waals surface area contributed by atoms with Gasteiger partial charge < -0.3 is 11.1 Å². The van der Waals surface area contributed by atoms with Crippen LogP contribution in [0.1, 0.15) is 13.8 Å². The maximum absolute atomic E-state index is 13.3. The summed E-state index contributed by atoms with van der Waals surface area (Å²) in [4.78, 5) is 9.70. The molecule has 0 amide bonds. The fourth-order valence-corrected chi connectivity index (χ4v) is 4.51. The molecule has 0 radical (unpaired) electrons. The van der Waals surface area contributed by atoms with Crippen LogP contribution in [0, 0.1) is 5.41 Å². The highest BCUT2D eigenvalue weighted by Crippen LogP contribution is 2.35. The van der Waals surface area contributed by atoms with Crippen LogP contribution in [0.2, 0.25) is 5.02 Å². The van der Waals surface area contributed by atoms with Crippen LogP contribution in [0.3, 0.4) is 0 Å². The summed E-state index contributed by atoms with van der Waals surface area (Å²) < 4.78 is 15.0. The summed E-state index contributed by atoms with van der Waals surface area (Å²) in [6, 6.07) is 17.1. The van der Waals surface area contributed by atoms with Crippen molar-refractivity contribution in [3.05, 3.63) is 72.0 Å². The molecule has 0 aliphatic carbocycles. The van der Waals surface area contributed by atoms with Crippen LogP contribution in [0.4, 0.5) is 5.95 Å². The standard InChI is InChI=1S/C23H24ClN5OS/c1-23(2,14-25)15-27-22-26-12-19(24)21(28-22)18-13-29(20-11-7-6-10-17(18)20)31(30)16-8-4-3-5-9-16/h3-13H,14-15,25H2,1-2H3,(H,26,27,28). The molecule has 1 atom stereocenters. The normalized spacial score (nSPS) is 12.8. The molecule has 1 unspecified atom stereocenters. The minimum Gasteiger partial charge on any atom is -0.354 e. The first-order valence-electron chi connectivity index (χ1n) is 9.94. The molecule has 4 rings (SSSR count). The van der Waals surface area contributed by atoms with E-state index >= 15 is 0 Å². The highest BCUT2D eigenvalue weighted by Gasteiger charge is 2.20. The maximum Gasteiger partial charge on any atom is 0.223 e. The maximum atomic E-state index is 13.3. The molecule has 2 aromatic heterocycles. The van der Waals surface area contributed by atoms with E-state index in [1.54, 1.807) is 10.2 Å². The third kappa shape index (κ3) is 4.49. The largest absolute Gasteiger partial charge is 0.354 e. The molecule has 2 aromatic carbocycles. The zero-order valence-corrected chi connectivity index (χ0v) is 19.0. The highest BCUT2D eigenvalue weighted by molar-refractivity contribution is 7.83. The SMILES string of the molecule is CC(C)(CN)CNc1ncc(Cl)c(-c2cn(S(=O)c3ccccc3)c3ccccc23)n1. The van der Waals surface area contributed by atoms with E-state index in [4.69, 9.17) is 17.3 Å². The number of aromatic nitrogens is 3. The van der Waals surface area contributed by atoms with Gasteiger partial charge in [0, 0.05) is 23.7 Å². The first-order valence-corrected chi connectivity index (χ1v) is 11.4. The minimum absolute atomic E-state index is 0.0915. The number of fused-ring (bicyclic) bond motifs is 1. The molecule has 0 aliphatic heterocycles. The topological polar surface area (TPSA) is 85.8 Å². The van der Waals surface area contributed by atoms with Gasteiger partial charge in [0.25, 0.3) is 0 Å². The van der Waals surface area contributed by atoms with Crippen molar-refractivity contribution in [3.63, 3.8) is 0 Å². The Morgan fingerprint density at radius 3 is 2.58 bits per heavy atom. The van der Waals surface area contributed by atoms with Gasteiger partial charge in [0.2, 0.25) is 5.95 Å². The second-order valence-electron chi connectivity index (χ2n) is 8.06. The summed E-state index contributed by atoms with van der Waals surface area (Å²) in [5, 5.41) is 4.59. The number of benzene rings is 2. The van der Waals surface area contributed by atoms with Crippen molar-refractivity contribution in [2.45, 2.75) is 18.7 Å². The van der Waals surface area contributed by atoms with Crippen molar-refractivity contribution in [1.82, 2.24) is 13.9 Å². The lowest BCUT2D eigenvalue weighted by Gasteiger charge is -2.22. The van der Waals surface area contributed by atoms with Gasteiger partial charge in [-0.2, -0.15) is 0 Å². The van der Waals surface area contributed by atoms with Crippen molar-refractivity contribution in [2.24, 2.45) is 11.1 Å². The number of nitrogens with two attached hydrogens (primary N) is 1. The Morgan fingerprint density at radius 1 is 1.13 bits per heavy atom. The Balaban J connectivity index is 1.78. The first kappa shape index (κ1) is 21.5. The molecular weight excluding hydrogens is 430 g/mol. The van der Waals surface area contributed by atoms with Gasteiger partial charge in [-0.25, -0.2) is 14.2 Å². The van der Waals surface area contributed by atoms with Crippen LogP contribution in [-0.2, 0) is 11.0 Å². The summed E-state index contributed by atoms with van der Waals surface area (Å²) >= 11 is 6.50. The van der Waals surface area contributed by atoms with E-state index in [0.717, 1.165) is 21.4 Å². The predicted molar refractivity (Wildman–Crippen MR) is 128 cm³/mol. The quantitative estimate of drug-likeness (QED) is 0.423. The van der Waals surface area contributed by atoms with E-state index in [9.17, 15) is 4.21 Å². The van der Waals surface area contributed by atoms with Crippen LogP contribution in [0.25, 0.3) is 22.2 Å². The van der Waals surface area contributed by atoms with Gasteiger partial charge in [-0.3, -0.25) is 3.97 Å². The van der Waals surface area contributed by atoms with Gasteiger partial charge in [-0.1, -0.05) is 61.8 Å². The number of para-hydroxylation sites is 1. The van der Waals surface area contributed by atoms with Gasteiger partial charge in [0.15, 0.2) is 11.0 Å². The van der Waals surface area contributed by atoms with Crippen LogP contribution < -0.4 is 11.1 Å². The van der Waals surface area contributed by atoms with Crippen LogP contribution in [0.15, 0.2) is 71.9 Å². The highest BCUT2D eigenvalue weighted by atomic mass is 35.5. The summed E-state index contributed by atoms with van der Waals surface area (Å²) in [5.41, 5.74) is 7.96. The van der Waals surface area contributed by atoms with Crippen molar-refractivity contribution < 1.29 is 4.21 Å². The Labute approximate surface area is 189 Å². The lowest BCUT2D eigenvalue weighted by atomic mass is 9.94. The van der Waals surface area contributed by atoms with E-state index in [1.807, 2.05) is 60.8 Å². The van der Waals surface area contributed by atoms with E-state index < -0.39 is 11.0 Å². The number of hydrogen-bond acceptors (Lipinski definition) is 5. The second-order valence-corrected chi connectivity index (χ2v) is 9.83. The Hall–Kier alpha value is -2.74. The van der Waals surface area contributed by atoms with Gasteiger partial charge in [0.1, 0.15) is 0 Å². The summed E-state index contributed by atoms with van der Waals surface area (Å²) in [7, 11) is -1.40. The van der Waals surface area contributed by atoms with E-state index in [-0.39, 0.29) is 5.41 Å². The van der Waals surface area contributed by atoms with Crippen molar-refractivity contribution >= 4 is 39.4 Å². The van der Waals surface area contributed by atoms with Crippen LogP contribution in [-0.4, -0.2) is 31.2 Å². The zero-order valence-electron chi connectivity index (χ0n) is 17.4. The zero-order chi connectivity index (χ0) is 22.0. The molecular formula is C23H24ClN5OS. The number of halogens is 1. The predicted octanol–water partition coefficient (Wildman–Crippen LogP) is 4.72. The van der Waals surface area contributed by atoms with Crippen LogP contribution in [0.5, 0.6) is 0 Å². The van der Waals surface area contributed by atoms with Crippen molar-refractivity contribution in [2.75, 3.05) is 18.4 Å². The molecule has 4 aromatic rings. The fourth-order valence-electron chi connectivity index (χ4n) is 3.16. The second kappa shape index (κ2) is 8.78. The Morgan fingerprint density at radius 2 is 1.84 bits per heavy atom. The third-order valence-electron chi connectivity index (χ3n) is 5.08. The molecule has 160 valence electrons. The molecule has 0 saturated heterocycles. The smallest absolute Gasteiger partial charge is 0.223 e. The Kier molecular flexibility index (Phi) is 6.09. The third-order valence-corrected chi connectivity index (χ3v) is 6.69. The average molecular weight is 454 g/mol. The number of anilines is 1.